The first-order valence-electron chi connectivity index (χ1n) is 8.78. The predicted octanol–water partition coefficient (Wildman–Crippen LogP) is 4.83. The molecule has 0 unspecified atom stereocenters. The van der Waals surface area contributed by atoms with E-state index in [9.17, 15) is 0 Å². The molecule has 2 aliphatic heterocycles. The smallest absolute Gasteiger partial charge is 0.0351 e. The van der Waals surface area contributed by atoms with Gasteiger partial charge in [-0.05, 0) is 66.6 Å². The maximum absolute atomic E-state index is 4.25. The lowest BCUT2D eigenvalue weighted by molar-refractivity contribution is 0.150. The van der Waals surface area contributed by atoms with Crippen LogP contribution < -0.4 is 0 Å². The van der Waals surface area contributed by atoms with Gasteiger partial charge in [-0.3, -0.25) is 9.88 Å². The molecule has 0 amide bonds. The van der Waals surface area contributed by atoms with Gasteiger partial charge in [-0.1, -0.05) is 37.3 Å². The van der Waals surface area contributed by atoms with Crippen LogP contribution in [0.5, 0.6) is 0 Å². The topological polar surface area (TPSA) is 16.1 Å². The Morgan fingerprint density at radius 1 is 0.913 bits per heavy atom. The molecule has 2 atom stereocenters. The minimum Gasteiger partial charge on any atom is -0.293 e. The molecule has 2 heteroatoms. The maximum Gasteiger partial charge on any atom is 0.0351 e. The summed E-state index contributed by atoms with van der Waals surface area (Å²) in [6, 6.07) is 14.6. The van der Waals surface area contributed by atoms with Gasteiger partial charge in [0.2, 0.25) is 0 Å². The number of hydrogen-bond donors (Lipinski definition) is 0. The Morgan fingerprint density at radius 3 is 2.43 bits per heavy atom. The minimum absolute atomic E-state index is 0.628. The SMILES string of the molecule is C=C(c1ccncc1)c1ccc([C@H]2CC[C@H]3CCCCN32)cc1. The molecule has 2 fully saturated rings. The van der Waals surface area contributed by atoms with Crippen molar-refractivity contribution in [2.75, 3.05) is 6.54 Å². The van der Waals surface area contributed by atoms with Crippen molar-refractivity contribution in [3.8, 4) is 0 Å². The van der Waals surface area contributed by atoms with Crippen LogP contribution in [-0.2, 0) is 0 Å². The number of pyridine rings is 1. The molecule has 1 aromatic carbocycles. The van der Waals surface area contributed by atoms with Gasteiger partial charge in [-0.2, -0.15) is 0 Å². The van der Waals surface area contributed by atoms with Crippen molar-refractivity contribution in [2.45, 2.75) is 44.2 Å². The molecule has 4 rings (SSSR count). The van der Waals surface area contributed by atoms with Crippen LogP contribution >= 0.6 is 0 Å². The van der Waals surface area contributed by atoms with Crippen molar-refractivity contribution in [1.29, 1.82) is 0 Å². The summed E-state index contributed by atoms with van der Waals surface area (Å²) in [6.07, 6.45) is 10.5. The van der Waals surface area contributed by atoms with Gasteiger partial charge in [0.05, 0.1) is 0 Å². The lowest BCUT2D eigenvalue weighted by Gasteiger charge is -2.34. The van der Waals surface area contributed by atoms with Crippen LogP contribution in [0.1, 0.15) is 54.8 Å². The van der Waals surface area contributed by atoms with E-state index < -0.39 is 0 Å². The molecular formula is C21H24N2. The summed E-state index contributed by atoms with van der Waals surface area (Å²) in [4.78, 5) is 6.83. The van der Waals surface area contributed by atoms with Gasteiger partial charge in [0.15, 0.2) is 0 Å². The van der Waals surface area contributed by atoms with Crippen LogP contribution in [0, 0.1) is 0 Å². The van der Waals surface area contributed by atoms with E-state index in [0.717, 1.165) is 17.2 Å². The Balaban J connectivity index is 1.53. The third kappa shape index (κ3) is 2.84. The van der Waals surface area contributed by atoms with Crippen molar-refractivity contribution in [3.05, 3.63) is 72.1 Å². The number of piperidine rings is 1. The zero-order valence-electron chi connectivity index (χ0n) is 13.6. The van der Waals surface area contributed by atoms with Crippen LogP contribution in [0.15, 0.2) is 55.4 Å². The van der Waals surface area contributed by atoms with Gasteiger partial charge in [-0.25, -0.2) is 0 Å². The number of rotatable bonds is 3. The highest BCUT2D eigenvalue weighted by Gasteiger charge is 2.35. The van der Waals surface area contributed by atoms with E-state index >= 15 is 0 Å². The first-order valence-corrected chi connectivity index (χ1v) is 8.78. The normalized spacial score (nSPS) is 24.3. The fourth-order valence-corrected chi connectivity index (χ4v) is 4.24. The molecule has 1 aromatic heterocycles. The summed E-state index contributed by atoms with van der Waals surface area (Å²) in [5.41, 5.74) is 4.89. The molecule has 118 valence electrons. The Bertz CT molecular complexity index is 675. The summed E-state index contributed by atoms with van der Waals surface area (Å²) in [7, 11) is 0. The second-order valence-electron chi connectivity index (χ2n) is 6.82. The lowest BCUT2D eigenvalue weighted by atomic mass is 9.97. The van der Waals surface area contributed by atoms with Crippen molar-refractivity contribution in [2.24, 2.45) is 0 Å². The number of aromatic nitrogens is 1. The van der Waals surface area contributed by atoms with Gasteiger partial charge in [0, 0.05) is 24.5 Å². The molecule has 0 saturated carbocycles. The van der Waals surface area contributed by atoms with Gasteiger partial charge in [-0.15, -0.1) is 0 Å². The minimum atomic E-state index is 0.628. The third-order valence-electron chi connectivity index (χ3n) is 5.52. The van der Waals surface area contributed by atoms with Crippen LogP contribution in [0.2, 0.25) is 0 Å². The molecule has 0 aliphatic carbocycles. The molecule has 3 heterocycles. The molecule has 2 aliphatic rings. The molecule has 0 bridgehead atoms. The fraction of sp³-hybridized carbons (Fsp3) is 0.381. The highest BCUT2D eigenvalue weighted by Crippen LogP contribution is 2.40. The summed E-state index contributed by atoms with van der Waals surface area (Å²) >= 11 is 0. The monoisotopic (exact) mass is 304 g/mol. The highest BCUT2D eigenvalue weighted by molar-refractivity contribution is 5.77. The van der Waals surface area contributed by atoms with E-state index in [1.165, 1.54) is 49.8 Å². The third-order valence-corrected chi connectivity index (χ3v) is 5.52. The molecule has 2 aromatic rings. The second-order valence-corrected chi connectivity index (χ2v) is 6.82. The molecule has 0 spiro atoms. The van der Waals surface area contributed by atoms with E-state index in [1.807, 2.05) is 24.5 Å². The molecule has 23 heavy (non-hydrogen) atoms. The summed E-state index contributed by atoms with van der Waals surface area (Å²) in [5, 5.41) is 0. The molecule has 2 saturated heterocycles. The summed E-state index contributed by atoms with van der Waals surface area (Å²) < 4.78 is 0. The Morgan fingerprint density at radius 2 is 1.65 bits per heavy atom. The standard InChI is InChI=1S/C21H24N2/c1-16(18-11-13-22-14-12-18)17-5-7-19(8-6-17)21-10-9-20-4-2-3-15-23(20)21/h5-8,11-14,20-21H,1-4,9-10,15H2/t20-,21-/m1/s1. The predicted molar refractivity (Wildman–Crippen MR) is 95.1 cm³/mol. The number of benzene rings is 1. The van der Waals surface area contributed by atoms with E-state index in [1.54, 1.807) is 0 Å². The van der Waals surface area contributed by atoms with E-state index in [0.29, 0.717) is 6.04 Å². The fourth-order valence-electron chi connectivity index (χ4n) is 4.24. The van der Waals surface area contributed by atoms with Crippen LogP contribution in [-0.4, -0.2) is 22.5 Å². The van der Waals surface area contributed by atoms with Crippen LogP contribution in [0.4, 0.5) is 0 Å². The summed E-state index contributed by atoms with van der Waals surface area (Å²) in [6.45, 7) is 5.53. The van der Waals surface area contributed by atoms with Gasteiger partial charge in [0.25, 0.3) is 0 Å². The number of nitrogens with zero attached hydrogens (tertiary/aromatic N) is 2. The van der Waals surface area contributed by atoms with Gasteiger partial charge < -0.3 is 0 Å². The van der Waals surface area contributed by atoms with Gasteiger partial charge >= 0.3 is 0 Å². The van der Waals surface area contributed by atoms with Crippen molar-refractivity contribution in [1.82, 2.24) is 9.88 Å². The molecule has 0 N–H and O–H groups in total. The number of hydrogen-bond acceptors (Lipinski definition) is 2. The Kier molecular flexibility index (Phi) is 4.00. The van der Waals surface area contributed by atoms with Crippen LogP contribution in [0.25, 0.3) is 5.57 Å². The second kappa shape index (κ2) is 6.29. The molecule has 0 radical (unpaired) electrons. The Hall–Kier alpha value is -1.93. The first-order chi connectivity index (χ1) is 11.3. The van der Waals surface area contributed by atoms with Crippen LogP contribution in [0.3, 0.4) is 0 Å². The van der Waals surface area contributed by atoms with Crippen molar-refractivity contribution in [3.63, 3.8) is 0 Å². The zero-order valence-corrected chi connectivity index (χ0v) is 13.6. The molecular weight excluding hydrogens is 280 g/mol. The lowest BCUT2D eigenvalue weighted by Crippen LogP contribution is -2.35. The highest BCUT2D eigenvalue weighted by atomic mass is 15.2. The average Bonchev–Trinajstić information content (AvgIpc) is 3.06. The van der Waals surface area contributed by atoms with Crippen molar-refractivity contribution < 1.29 is 0 Å². The number of fused-ring (bicyclic) bond motifs is 1. The Labute approximate surface area is 138 Å². The van der Waals surface area contributed by atoms with E-state index in [4.69, 9.17) is 0 Å². The zero-order chi connectivity index (χ0) is 15.6. The average molecular weight is 304 g/mol. The maximum atomic E-state index is 4.25. The molecule has 2 nitrogen and oxygen atoms in total. The quantitative estimate of drug-likeness (QED) is 0.807. The van der Waals surface area contributed by atoms with E-state index in [2.05, 4.69) is 40.7 Å². The summed E-state index contributed by atoms with van der Waals surface area (Å²) in [5.74, 6) is 0. The van der Waals surface area contributed by atoms with E-state index in [-0.39, 0.29) is 0 Å². The van der Waals surface area contributed by atoms with Crippen molar-refractivity contribution >= 4 is 5.57 Å². The van der Waals surface area contributed by atoms with Gasteiger partial charge in [0.1, 0.15) is 0 Å². The largest absolute Gasteiger partial charge is 0.293 e. The first kappa shape index (κ1) is 14.6.